The molecule has 1 heterocycles. The molecule has 2 aliphatic rings. The van der Waals surface area contributed by atoms with Crippen molar-refractivity contribution in [2.45, 2.75) is 58.3 Å². The third kappa shape index (κ3) is 6.03. The van der Waals surface area contributed by atoms with E-state index in [1.807, 2.05) is 54.6 Å². The minimum Gasteiger partial charge on any atom is -0.452 e. The van der Waals surface area contributed by atoms with Gasteiger partial charge in [0.25, 0.3) is 0 Å². The molecule has 1 aliphatic heterocycles. The summed E-state index contributed by atoms with van der Waals surface area (Å²) >= 11 is 5.95. The number of nitrogens with zero attached hydrogens (tertiary/aromatic N) is 1. The minimum atomic E-state index is -1.03. The lowest BCUT2D eigenvalue weighted by molar-refractivity contribution is -0.127. The highest BCUT2D eigenvalue weighted by molar-refractivity contribution is 6.30. The molecule has 1 aliphatic carbocycles. The zero-order valence-corrected chi connectivity index (χ0v) is 22.4. The van der Waals surface area contributed by atoms with Crippen LogP contribution in [0.2, 0.25) is 5.02 Å². The summed E-state index contributed by atoms with van der Waals surface area (Å²) in [5.41, 5.74) is 3.73. The number of hydrogen-bond acceptors (Lipinski definition) is 4. The van der Waals surface area contributed by atoms with E-state index in [1.54, 1.807) is 30.9 Å². The molecule has 5 rings (SSSR count). The van der Waals surface area contributed by atoms with Crippen LogP contribution in [0.15, 0.2) is 66.7 Å². The van der Waals surface area contributed by atoms with Gasteiger partial charge in [0.2, 0.25) is 11.7 Å². The van der Waals surface area contributed by atoms with Crippen molar-refractivity contribution < 1.29 is 19.1 Å². The maximum atomic E-state index is 13.8. The molecule has 0 spiro atoms. The Morgan fingerprint density at radius 3 is 2.21 bits per heavy atom. The fourth-order valence-corrected chi connectivity index (χ4v) is 5.04. The second-order valence-corrected chi connectivity index (χ2v) is 10.7. The molecule has 0 unspecified atom stereocenters. The lowest BCUT2D eigenvalue weighted by atomic mass is 9.88. The molecule has 6 heteroatoms. The smallest absolute Gasteiger partial charge is 0.345 e. The van der Waals surface area contributed by atoms with E-state index in [4.69, 9.17) is 21.1 Å². The highest BCUT2D eigenvalue weighted by Crippen LogP contribution is 2.35. The fourth-order valence-electron chi connectivity index (χ4n) is 4.92. The first-order valence-electron chi connectivity index (χ1n) is 13.0. The summed E-state index contributed by atoms with van der Waals surface area (Å²) in [4.78, 5) is 28.2. The number of cyclic esters (lactones) is 1. The van der Waals surface area contributed by atoms with Crippen LogP contribution in [0, 0.1) is 17.8 Å². The average molecular weight is 528 g/mol. The number of anilines is 1. The van der Waals surface area contributed by atoms with Crippen molar-refractivity contribution in [1.82, 2.24) is 0 Å². The summed E-state index contributed by atoms with van der Waals surface area (Å²) in [6.07, 6.45) is 5.06. The molecule has 0 saturated heterocycles. The van der Waals surface area contributed by atoms with Crippen molar-refractivity contribution in [3.8, 4) is 17.6 Å². The van der Waals surface area contributed by atoms with Crippen LogP contribution < -0.4 is 9.64 Å². The van der Waals surface area contributed by atoms with Gasteiger partial charge in [-0.15, -0.1) is 0 Å². The van der Waals surface area contributed by atoms with E-state index in [0.29, 0.717) is 28.6 Å². The average Bonchev–Trinajstić information content (AvgIpc) is 2.91. The molecule has 1 saturated carbocycles. The van der Waals surface area contributed by atoms with Gasteiger partial charge in [0.05, 0.1) is 6.54 Å². The largest absolute Gasteiger partial charge is 0.452 e. The Balaban J connectivity index is 1.40. The van der Waals surface area contributed by atoms with Crippen molar-refractivity contribution in [2.75, 3.05) is 4.90 Å². The molecule has 0 aromatic heterocycles. The third-order valence-electron chi connectivity index (χ3n) is 6.90. The van der Waals surface area contributed by atoms with Crippen molar-refractivity contribution in [3.63, 3.8) is 0 Å². The first kappa shape index (κ1) is 25.9. The molecule has 0 N–H and O–H groups in total. The van der Waals surface area contributed by atoms with Crippen LogP contribution in [0.1, 0.15) is 73.0 Å². The molecule has 1 amide bonds. The van der Waals surface area contributed by atoms with Crippen LogP contribution in [0.25, 0.3) is 0 Å². The van der Waals surface area contributed by atoms with Crippen LogP contribution in [0.5, 0.6) is 5.75 Å². The lowest BCUT2D eigenvalue weighted by Gasteiger charge is -2.33. The summed E-state index contributed by atoms with van der Waals surface area (Å²) in [6.45, 7) is 3.79. The normalized spacial score (nSPS) is 16.3. The SMILES string of the molecule is CC1(C)OC(=O)c2cc(N(Cc3ccc(C#Cc4ccc(Cl)cc4)cc3)C(=O)C3CCCCC3)ccc2O1. The topological polar surface area (TPSA) is 55.8 Å². The molecular formula is C32H30ClNO4. The van der Waals surface area contributed by atoms with Gasteiger partial charge < -0.3 is 14.4 Å². The lowest BCUT2D eigenvalue weighted by Crippen LogP contribution is -2.39. The standard InChI is InChI=1S/C32H30ClNO4/c1-32(2)37-29-19-18-27(20-28(29)31(36)38-32)34(30(35)25-6-4-3-5-7-25)21-24-12-10-22(11-13-24)8-9-23-14-16-26(33)17-15-23/h10-20,25H,3-7,21H2,1-2H3. The van der Waals surface area contributed by atoms with Gasteiger partial charge in [0.15, 0.2) is 0 Å². The van der Waals surface area contributed by atoms with E-state index in [2.05, 4.69) is 11.8 Å². The number of carbonyl (C=O) groups is 2. The van der Waals surface area contributed by atoms with Gasteiger partial charge in [-0.3, -0.25) is 4.79 Å². The molecule has 0 bridgehead atoms. The summed E-state index contributed by atoms with van der Waals surface area (Å²) < 4.78 is 11.2. The van der Waals surface area contributed by atoms with Gasteiger partial charge >= 0.3 is 5.97 Å². The Kier molecular flexibility index (Phi) is 7.44. The summed E-state index contributed by atoms with van der Waals surface area (Å²) in [5.74, 6) is 5.37. The summed E-state index contributed by atoms with van der Waals surface area (Å²) in [7, 11) is 0. The zero-order chi connectivity index (χ0) is 26.7. The van der Waals surface area contributed by atoms with Crippen molar-refractivity contribution >= 4 is 29.2 Å². The first-order valence-corrected chi connectivity index (χ1v) is 13.4. The quantitative estimate of drug-likeness (QED) is 0.267. The summed E-state index contributed by atoms with van der Waals surface area (Å²) in [6, 6.07) is 20.6. The fraction of sp³-hybridized carbons (Fsp3) is 0.312. The third-order valence-corrected chi connectivity index (χ3v) is 7.15. The Bertz CT molecular complexity index is 1390. The van der Waals surface area contributed by atoms with Crippen LogP contribution >= 0.6 is 11.6 Å². The molecule has 0 atom stereocenters. The number of amides is 1. The second-order valence-electron chi connectivity index (χ2n) is 10.3. The van der Waals surface area contributed by atoms with E-state index in [9.17, 15) is 9.59 Å². The van der Waals surface area contributed by atoms with Crippen LogP contribution in [-0.2, 0) is 16.1 Å². The maximum absolute atomic E-state index is 13.8. The van der Waals surface area contributed by atoms with Crippen molar-refractivity contribution in [2.24, 2.45) is 5.92 Å². The predicted octanol–water partition coefficient (Wildman–Crippen LogP) is 7.14. The number of hydrogen-bond donors (Lipinski definition) is 0. The van der Waals surface area contributed by atoms with Gasteiger partial charge in [-0.05, 0) is 73.0 Å². The van der Waals surface area contributed by atoms with Gasteiger partial charge in [-0.1, -0.05) is 54.8 Å². The van der Waals surface area contributed by atoms with E-state index < -0.39 is 11.8 Å². The van der Waals surface area contributed by atoms with Crippen LogP contribution in [0.3, 0.4) is 0 Å². The van der Waals surface area contributed by atoms with E-state index >= 15 is 0 Å². The number of ether oxygens (including phenoxy) is 2. The molecule has 1 fully saturated rings. The number of carbonyl (C=O) groups excluding carboxylic acids is 2. The maximum Gasteiger partial charge on any atom is 0.345 e. The Hall–Kier alpha value is -3.75. The number of esters is 1. The number of fused-ring (bicyclic) bond motifs is 1. The monoisotopic (exact) mass is 527 g/mol. The van der Waals surface area contributed by atoms with Gasteiger partial charge in [-0.2, -0.15) is 0 Å². The van der Waals surface area contributed by atoms with E-state index in [-0.39, 0.29) is 11.8 Å². The van der Waals surface area contributed by atoms with Gasteiger partial charge in [0, 0.05) is 41.6 Å². The number of benzene rings is 3. The highest BCUT2D eigenvalue weighted by atomic mass is 35.5. The molecule has 3 aromatic carbocycles. The van der Waals surface area contributed by atoms with Gasteiger partial charge in [-0.25, -0.2) is 4.79 Å². The Morgan fingerprint density at radius 1 is 0.921 bits per heavy atom. The first-order chi connectivity index (χ1) is 18.3. The molecule has 0 radical (unpaired) electrons. The molecule has 38 heavy (non-hydrogen) atoms. The number of halogens is 1. The minimum absolute atomic E-state index is 0.0218. The predicted molar refractivity (Wildman–Crippen MR) is 148 cm³/mol. The van der Waals surface area contributed by atoms with Crippen LogP contribution in [-0.4, -0.2) is 17.7 Å². The Labute approximate surface area is 228 Å². The second kappa shape index (κ2) is 10.9. The van der Waals surface area contributed by atoms with E-state index in [1.165, 1.54) is 6.42 Å². The summed E-state index contributed by atoms with van der Waals surface area (Å²) in [5, 5.41) is 0.680. The van der Waals surface area contributed by atoms with Crippen LogP contribution in [0.4, 0.5) is 5.69 Å². The Morgan fingerprint density at radius 2 is 1.55 bits per heavy atom. The van der Waals surface area contributed by atoms with Crippen molar-refractivity contribution in [3.05, 3.63) is 94.0 Å². The zero-order valence-electron chi connectivity index (χ0n) is 21.6. The molecule has 3 aromatic rings. The highest BCUT2D eigenvalue weighted by Gasteiger charge is 2.35. The van der Waals surface area contributed by atoms with Crippen molar-refractivity contribution in [1.29, 1.82) is 0 Å². The van der Waals surface area contributed by atoms with Gasteiger partial charge in [0.1, 0.15) is 11.3 Å². The molecule has 194 valence electrons. The molecular weight excluding hydrogens is 498 g/mol. The molecule has 5 nitrogen and oxygen atoms in total. The van der Waals surface area contributed by atoms with E-state index in [0.717, 1.165) is 42.4 Å². The number of rotatable bonds is 4.